The van der Waals surface area contributed by atoms with Gasteiger partial charge in [0.15, 0.2) is 0 Å². The van der Waals surface area contributed by atoms with Crippen molar-refractivity contribution in [3.8, 4) is 5.75 Å². The molecule has 2 aromatic carbocycles. The minimum atomic E-state index is -0.919. The summed E-state index contributed by atoms with van der Waals surface area (Å²) in [7, 11) is 1.50. The summed E-state index contributed by atoms with van der Waals surface area (Å²) < 4.78 is 19.5. The zero-order valence-corrected chi connectivity index (χ0v) is 12.2. The van der Waals surface area contributed by atoms with Gasteiger partial charge in [0.2, 0.25) is 0 Å². The van der Waals surface area contributed by atoms with Gasteiger partial charge >= 0.3 is 0 Å². The molecule has 0 aliphatic heterocycles. The molecule has 0 aliphatic rings. The van der Waals surface area contributed by atoms with Gasteiger partial charge in [-0.05, 0) is 42.3 Å². The quantitative estimate of drug-likeness (QED) is 0.925. The van der Waals surface area contributed by atoms with Crippen molar-refractivity contribution in [3.63, 3.8) is 0 Å². The molecule has 100 valence electrons. The molecule has 0 radical (unpaired) electrons. The Morgan fingerprint density at radius 3 is 2.58 bits per heavy atom. The van der Waals surface area contributed by atoms with Gasteiger partial charge in [0, 0.05) is 10.0 Å². The van der Waals surface area contributed by atoms with Gasteiger partial charge in [-0.2, -0.15) is 0 Å². The first kappa shape index (κ1) is 14.0. The lowest BCUT2D eigenvalue weighted by Gasteiger charge is -2.16. The number of aliphatic hydroxyl groups is 1. The zero-order valence-electron chi connectivity index (χ0n) is 10.7. The van der Waals surface area contributed by atoms with E-state index in [9.17, 15) is 9.50 Å². The highest BCUT2D eigenvalue weighted by Crippen LogP contribution is 2.32. The molecule has 0 aliphatic carbocycles. The third-order valence-electron chi connectivity index (χ3n) is 2.98. The van der Waals surface area contributed by atoms with Crippen LogP contribution in [0.25, 0.3) is 0 Å². The molecule has 0 fully saturated rings. The normalized spacial score (nSPS) is 12.3. The molecule has 2 nitrogen and oxygen atoms in total. The molecule has 0 saturated heterocycles. The first-order valence-corrected chi connectivity index (χ1v) is 6.59. The summed E-state index contributed by atoms with van der Waals surface area (Å²) in [4.78, 5) is 0. The van der Waals surface area contributed by atoms with Crippen molar-refractivity contribution < 1.29 is 14.2 Å². The van der Waals surface area contributed by atoms with E-state index >= 15 is 0 Å². The van der Waals surface area contributed by atoms with Gasteiger partial charge in [0.05, 0.1) is 7.11 Å². The van der Waals surface area contributed by atoms with E-state index in [1.54, 1.807) is 6.07 Å². The molecule has 19 heavy (non-hydrogen) atoms. The minimum absolute atomic E-state index is 0.399. The molecule has 0 spiro atoms. The van der Waals surface area contributed by atoms with Crippen molar-refractivity contribution in [3.05, 3.63) is 63.4 Å². The summed E-state index contributed by atoms with van der Waals surface area (Å²) in [5, 5.41) is 10.4. The van der Waals surface area contributed by atoms with Crippen LogP contribution < -0.4 is 4.74 Å². The molecule has 0 bridgehead atoms. The van der Waals surface area contributed by atoms with Gasteiger partial charge in [-0.1, -0.05) is 28.1 Å². The Hall–Kier alpha value is -1.39. The van der Waals surface area contributed by atoms with Gasteiger partial charge in [-0.25, -0.2) is 4.39 Å². The Morgan fingerprint density at radius 1 is 1.21 bits per heavy atom. The number of aryl methyl sites for hydroxylation is 1. The Balaban J connectivity index is 2.45. The van der Waals surface area contributed by atoms with E-state index in [2.05, 4.69) is 15.9 Å². The summed E-state index contributed by atoms with van der Waals surface area (Å²) in [6.07, 6.45) is -0.919. The monoisotopic (exact) mass is 324 g/mol. The van der Waals surface area contributed by atoms with Gasteiger partial charge in [0.25, 0.3) is 0 Å². The number of halogens is 2. The number of hydrogen-bond acceptors (Lipinski definition) is 2. The predicted octanol–water partition coefficient (Wildman–Crippen LogP) is 3.99. The van der Waals surface area contributed by atoms with E-state index in [4.69, 9.17) is 4.74 Å². The standard InChI is InChI=1S/C15H14BrFO2/c1-9-7-10(3-5-13(9)16)15(18)12-8-11(17)4-6-14(12)19-2/h3-8,15,18H,1-2H3. The second-order valence-corrected chi connectivity index (χ2v) is 5.15. The number of methoxy groups -OCH3 is 1. The minimum Gasteiger partial charge on any atom is -0.496 e. The van der Waals surface area contributed by atoms with Crippen LogP contribution in [-0.2, 0) is 0 Å². The van der Waals surface area contributed by atoms with Gasteiger partial charge in [0.1, 0.15) is 17.7 Å². The van der Waals surface area contributed by atoms with Crippen LogP contribution in [-0.4, -0.2) is 12.2 Å². The second-order valence-electron chi connectivity index (χ2n) is 4.30. The van der Waals surface area contributed by atoms with Crippen LogP contribution >= 0.6 is 15.9 Å². The van der Waals surface area contributed by atoms with Gasteiger partial charge < -0.3 is 9.84 Å². The molecular formula is C15H14BrFO2. The van der Waals surface area contributed by atoms with Crippen molar-refractivity contribution in [1.29, 1.82) is 0 Å². The van der Waals surface area contributed by atoms with Crippen molar-refractivity contribution in [2.75, 3.05) is 7.11 Å². The van der Waals surface area contributed by atoms with E-state index in [-0.39, 0.29) is 0 Å². The number of hydrogen-bond donors (Lipinski definition) is 1. The lowest BCUT2D eigenvalue weighted by atomic mass is 9.99. The van der Waals surface area contributed by atoms with Crippen molar-refractivity contribution in [2.45, 2.75) is 13.0 Å². The van der Waals surface area contributed by atoms with E-state index in [1.807, 2.05) is 19.1 Å². The van der Waals surface area contributed by atoms with Crippen LogP contribution in [0.4, 0.5) is 4.39 Å². The Morgan fingerprint density at radius 2 is 1.95 bits per heavy atom. The summed E-state index contributed by atoms with van der Waals surface area (Å²) >= 11 is 3.41. The van der Waals surface area contributed by atoms with Gasteiger partial charge in [-0.3, -0.25) is 0 Å². The largest absolute Gasteiger partial charge is 0.496 e. The third kappa shape index (κ3) is 2.96. The van der Waals surface area contributed by atoms with Crippen LogP contribution in [0.5, 0.6) is 5.75 Å². The number of benzene rings is 2. The van der Waals surface area contributed by atoms with Gasteiger partial charge in [-0.15, -0.1) is 0 Å². The number of rotatable bonds is 3. The topological polar surface area (TPSA) is 29.5 Å². The molecule has 1 atom stereocenters. The van der Waals surface area contributed by atoms with Crippen LogP contribution in [0.1, 0.15) is 22.8 Å². The van der Waals surface area contributed by atoms with Crippen molar-refractivity contribution >= 4 is 15.9 Å². The molecule has 0 aromatic heterocycles. The second kappa shape index (κ2) is 5.72. The molecule has 4 heteroatoms. The van der Waals surface area contributed by atoms with Crippen LogP contribution in [0.3, 0.4) is 0 Å². The maximum atomic E-state index is 13.3. The fourth-order valence-corrected chi connectivity index (χ4v) is 2.18. The smallest absolute Gasteiger partial charge is 0.125 e. The highest BCUT2D eigenvalue weighted by molar-refractivity contribution is 9.10. The summed E-state index contributed by atoms with van der Waals surface area (Å²) in [6.45, 7) is 1.93. The number of aliphatic hydroxyl groups excluding tert-OH is 1. The molecule has 1 N–H and O–H groups in total. The summed E-state index contributed by atoms with van der Waals surface area (Å²) in [5.41, 5.74) is 2.13. The molecule has 2 aromatic rings. The average molecular weight is 325 g/mol. The lowest BCUT2D eigenvalue weighted by Crippen LogP contribution is -2.03. The maximum Gasteiger partial charge on any atom is 0.125 e. The van der Waals surface area contributed by atoms with E-state index < -0.39 is 11.9 Å². The lowest BCUT2D eigenvalue weighted by molar-refractivity contribution is 0.214. The average Bonchev–Trinajstić information content (AvgIpc) is 2.41. The van der Waals surface area contributed by atoms with Crippen LogP contribution in [0, 0.1) is 12.7 Å². The van der Waals surface area contributed by atoms with E-state index in [0.717, 1.165) is 10.0 Å². The summed E-state index contributed by atoms with van der Waals surface area (Å²) in [6, 6.07) is 9.63. The highest BCUT2D eigenvalue weighted by atomic mass is 79.9. The number of ether oxygens (including phenoxy) is 1. The predicted molar refractivity (Wildman–Crippen MR) is 75.9 cm³/mol. The van der Waals surface area contributed by atoms with Crippen LogP contribution in [0.2, 0.25) is 0 Å². The first-order chi connectivity index (χ1) is 9.02. The fourth-order valence-electron chi connectivity index (χ4n) is 1.94. The Kier molecular flexibility index (Phi) is 4.22. The van der Waals surface area contributed by atoms with Crippen LogP contribution in [0.15, 0.2) is 40.9 Å². The summed E-state index contributed by atoms with van der Waals surface area (Å²) in [5.74, 6) is 0.0677. The molecule has 0 heterocycles. The van der Waals surface area contributed by atoms with E-state index in [1.165, 1.54) is 25.3 Å². The molecule has 1 unspecified atom stereocenters. The highest BCUT2D eigenvalue weighted by Gasteiger charge is 2.17. The molecule has 2 rings (SSSR count). The Labute approximate surface area is 120 Å². The first-order valence-electron chi connectivity index (χ1n) is 5.80. The van der Waals surface area contributed by atoms with E-state index in [0.29, 0.717) is 16.9 Å². The molecule has 0 saturated carbocycles. The maximum absolute atomic E-state index is 13.3. The molecule has 0 amide bonds. The van der Waals surface area contributed by atoms with Crippen molar-refractivity contribution in [2.24, 2.45) is 0 Å². The Bertz CT molecular complexity index is 599. The third-order valence-corrected chi connectivity index (χ3v) is 3.87. The van der Waals surface area contributed by atoms with Crippen molar-refractivity contribution in [1.82, 2.24) is 0 Å². The molecular weight excluding hydrogens is 311 g/mol. The fraction of sp³-hybridized carbons (Fsp3) is 0.200. The SMILES string of the molecule is COc1ccc(F)cc1C(O)c1ccc(Br)c(C)c1. The zero-order chi connectivity index (χ0) is 14.0.